The summed E-state index contributed by atoms with van der Waals surface area (Å²) < 4.78 is 13.4. The Morgan fingerprint density at radius 1 is 1.64 bits per heavy atom. The number of hydrogen-bond donors (Lipinski definition) is 2. The molecule has 0 fully saturated rings. The first-order valence-electron chi connectivity index (χ1n) is 4.04. The average Bonchev–Trinajstić information content (AvgIpc) is 2.20. The largest absolute Gasteiger partial charge is 0.270 e. The van der Waals surface area contributed by atoms with Crippen LogP contribution in [0, 0.1) is 18.2 Å². The summed E-state index contributed by atoms with van der Waals surface area (Å²) in [4.78, 5) is 0. The molecule has 0 saturated carbocycles. The molecule has 2 nitrogen and oxygen atoms in total. The van der Waals surface area contributed by atoms with Gasteiger partial charge >= 0.3 is 0 Å². The maximum absolute atomic E-state index is 13.4. The fraction of sp³-hybridized carbons (Fsp3) is 0.200. The SMILES string of the molecule is C#CC(Cc1cccc(Cl)c1F)NN. The van der Waals surface area contributed by atoms with Crippen LogP contribution in [-0.4, -0.2) is 6.04 Å². The van der Waals surface area contributed by atoms with E-state index in [0.29, 0.717) is 12.0 Å². The predicted octanol–water partition coefficient (Wildman–Crippen LogP) is 1.49. The summed E-state index contributed by atoms with van der Waals surface area (Å²) in [5.74, 6) is 7.13. The van der Waals surface area contributed by atoms with E-state index in [1.54, 1.807) is 12.1 Å². The third-order valence-corrected chi connectivity index (χ3v) is 2.15. The second-order valence-electron chi connectivity index (χ2n) is 2.80. The van der Waals surface area contributed by atoms with Crippen LogP contribution in [0.3, 0.4) is 0 Å². The average molecular weight is 213 g/mol. The van der Waals surface area contributed by atoms with Gasteiger partial charge in [0.05, 0.1) is 11.1 Å². The lowest BCUT2D eigenvalue weighted by Gasteiger charge is -2.10. The molecule has 0 spiro atoms. The summed E-state index contributed by atoms with van der Waals surface area (Å²) in [5, 5.41) is 0.0929. The summed E-state index contributed by atoms with van der Waals surface area (Å²) >= 11 is 5.61. The molecule has 74 valence electrons. The molecule has 0 aliphatic rings. The Bertz CT molecular complexity index is 360. The molecule has 1 atom stereocenters. The van der Waals surface area contributed by atoms with Crippen LogP contribution in [0.4, 0.5) is 4.39 Å². The maximum atomic E-state index is 13.4. The zero-order valence-electron chi connectivity index (χ0n) is 7.43. The molecule has 0 amide bonds. The summed E-state index contributed by atoms with van der Waals surface area (Å²) in [6.07, 6.45) is 5.49. The predicted molar refractivity (Wildman–Crippen MR) is 55.1 cm³/mol. The number of halogens is 2. The molecule has 0 radical (unpaired) electrons. The number of nitrogens with one attached hydrogen (secondary N) is 1. The minimum absolute atomic E-state index is 0.0929. The Hall–Kier alpha value is -1.08. The standard InChI is InChI=1S/C10H10ClFN2/c1-2-8(14-13)6-7-4-3-5-9(11)10(7)12/h1,3-5,8,14H,6,13H2. The van der Waals surface area contributed by atoms with Crippen LogP contribution >= 0.6 is 11.6 Å². The van der Waals surface area contributed by atoms with Gasteiger partial charge in [-0.1, -0.05) is 29.7 Å². The van der Waals surface area contributed by atoms with Crippen LogP contribution in [0.5, 0.6) is 0 Å². The van der Waals surface area contributed by atoms with Gasteiger partial charge < -0.3 is 0 Å². The zero-order chi connectivity index (χ0) is 10.6. The number of benzene rings is 1. The molecule has 1 aromatic rings. The minimum atomic E-state index is -0.440. The first kappa shape index (κ1) is 11.0. The molecule has 0 aromatic heterocycles. The highest BCUT2D eigenvalue weighted by Crippen LogP contribution is 2.18. The van der Waals surface area contributed by atoms with Crippen molar-refractivity contribution in [3.05, 3.63) is 34.6 Å². The summed E-state index contributed by atoms with van der Waals surface area (Å²) in [6, 6.07) is 4.40. The smallest absolute Gasteiger partial charge is 0.145 e. The molecule has 3 N–H and O–H groups in total. The van der Waals surface area contributed by atoms with E-state index in [1.807, 2.05) is 0 Å². The Balaban J connectivity index is 2.87. The van der Waals surface area contributed by atoms with Crippen molar-refractivity contribution in [1.82, 2.24) is 5.43 Å². The molecule has 0 heterocycles. The summed E-state index contributed by atoms with van der Waals surface area (Å²) in [6.45, 7) is 0. The summed E-state index contributed by atoms with van der Waals surface area (Å²) in [7, 11) is 0. The van der Waals surface area contributed by atoms with Crippen molar-refractivity contribution in [2.45, 2.75) is 12.5 Å². The maximum Gasteiger partial charge on any atom is 0.145 e. The van der Waals surface area contributed by atoms with Crippen molar-refractivity contribution in [3.63, 3.8) is 0 Å². The summed E-state index contributed by atoms with van der Waals surface area (Å²) in [5.41, 5.74) is 2.86. The third kappa shape index (κ3) is 2.46. The van der Waals surface area contributed by atoms with E-state index in [4.69, 9.17) is 23.9 Å². The minimum Gasteiger partial charge on any atom is -0.270 e. The van der Waals surface area contributed by atoms with Gasteiger partial charge in [-0.05, 0) is 11.6 Å². The van der Waals surface area contributed by atoms with E-state index in [1.165, 1.54) is 6.07 Å². The van der Waals surface area contributed by atoms with Crippen LogP contribution in [0.1, 0.15) is 5.56 Å². The van der Waals surface area contributed by atoms with Crippen LogP contribution in [0.15, 0.2) is 18.2 Å². The lowest BCUT2D eigenvalue weighted by molar-refractivity contribution is 0.578. The first-order valence-corrected chi connectivity index (χ1v) is 4.42. The van der Waals surface area contributed by atoms with Gasteiger partial charge in [0.1, 0.15) is 5.82 Å². The van der Waals surface area contributed by atoms with Crippen molar-refractivity contribution < 1.29 is 4.39 Å². The van der Waals surface area contributed by atoms with Crippen LogP contribution in [-0.2, 0) is 6.42 Å². The molecule has 1 rings (SSSR count). The highest BCUT2D eigenvalue weighted by molar-refractivity contribution is 6.30. The van der Waals surface area contributed by atoms with Gasteiger partial charge in [0.15, 0.2) is 0 Å². The van der Waals surface area contributed by atoms with Gasteiger partial charge in [0, 0.05) is 6.42 Å². The number of nitrogens with two attached hydrogens (primary N) is 1. The third-order valence-electron chi connectivity index (χ3n) is 1.86. The van der Waals surface area contributed by atoms with Crippen LogP contribution in [0.25, 0.3) is 0 Å². The van der Waals surface area contributed by atoms with E-state index >= 15 is 0 Å². The number of hydrazine groups is 1. The lowest BCUT2D eigenvalue weighted by Crippen LogP contribution is -2.35. The monoisotopic (exact) mass is 212 g/mol. The van der Waals surface area contributed by atoms with Crippen molar-refractivity contribution in [1.29, 1.82) is 0 Å². The molecule has 14 heavy (non-hydrogen) atoms. The Morgan fingerprint density at radius 2 is 2.36 bits per heavy atom. The van der Waals surface area contributed by atoms with E-state index in [2.05, 4.69) is 11.3 Å². The van der Waals surface area contributed by atoms with Gasteiger partial charge in [-0.15, -0.1) is 6.42 Å². The normalized spacial score (nSPS) is 12.1. The van der Waals surface area contributed by atoms with Crippen molar-refractivity contribution in [3.8, 4) is 12.3 Å². The van der Waals surface area contributed by atoms with Crippen LogP contribution in [0.2, 0.25) is 5.02 Å². The topological polar surface area (TPSA) is 38.0 Å². The second-order valence-corrected chi connectivity index (χ2v) is 3.21. The molecular weight excluding hydrogens is 203 g/mol. The van der Waals surface area contributed by atoms with E-state index in [-0.39, 0.29) is 11.1 Å². The fourth-order valence-corrected chi connectivity index (χ4v) is 1.29. The molecule has 1 unspecified atom stereocenters. The van der Waals surface area contributed by atoms with Crippen LogP contribution < -0.4 is 11.3 Å². The first-order chi connectivity index (χ1) is 6.69. The van der Waals surface area contributed by atoms with Crippen molar-refractivity contribution in [2.75, 3.05) is 0 Å². The molecule has 0 saturated heterocycles. The van der Waals surface area contributed by atoms with E-state index in [0.717, 1.165) is 0 Å². The fourth-order valence-electron chi connectivity index (χ4n) is 1.09. The van der Waals surface area contributed by atoms with Gasteiger partial charge in [-0.25, -0.2) is 9.82 Å². The molecule has 1 aromatic carbocycles. The molecular formula is C10H10ClFN2. The Kier molecular flexibility index (Phi) is 3.90. The van der Waals surface area contributed by atoms with E-state index in [9.17, 15) is 4.39 Å². The highest BCUT2D eigenvalue weighted by Gasteiger charge is 2.10. The molecule has 0 aliphatic heterocycles. The molecule has 4 heteroatoms. The lowest BCUT2D eigenvalue weighted by atomic mass is 10.1. The molecule has 0 aliphatic carbocycles. The zero-order valence-corrected chi connectivity index (χ0v) is 8.18. The highest BCUT2D eigenvalue weighted by atomic mass is 35.5. The number of rotatable bonds is 3. The number of hydrogen-bond acceptors (Lipinski definition) is 2. The Morgan fingerprint density at radius 3 is 2.93 bits per heavy atom. The van der Waals surface area contributed by atoms with Gasteiger partial charge in [0.2, 0.25) is 0 Å². The molecule has 0 bridgehead atoms. The quantitative estimate of drug-likeness (QED) is 0.453. The van der Waals surface area contributed by atoms with E-state index < -0.39 is 5.82 Å². The van der Waals surface area contributed by atoms with Crippen molar-refractivity contribution in [2.24, 2.45) is 5.84 Å². The number of terminal acetylenes is 1. The van der Waals surface area contributed by atoms with Gasteiger partial charge in [0.25, 0.3) is 0 Å². The van der Waals surface area contributed by atoms with Crippen molar-refractivity contribution >= 4 is 11.6 Å². The van der Waals surface area contributed by atoms with Gasteiger partial charge in [-0.3, -0.25) is 5.84 Å². The van der Waals surface area contributed by atoms with Gasteiger partial charge in [-0.2, -0.15) is 0 Å². The second kappa shape index (κ2) is 4.97. The Labute approximate surface area is 87.2 Å².